The zero-order valence-corrected chi connectivity index (χ0v) is 12.8. The minimum Gasteiger partial charge on any atom is -0.325 e. The van der Waals surface area contributed by atoms with Crippen LogP contribution in [0, 0.1) is 0 Å². The first-order valence-electron chi connectivity index (χ1n) is 6.35. The van der Waals surface area contributed by atoms with Gasteiger partial charge in [0.15, 0.2) is 9.84 Å². The second-order valence-corrected chi connectivity index (χ2v) is 8.77. The van der Waals surface area contributed by atoms with Crippen LogP contribution in [0.1, 0.15) is 19.3 Å². The predicted molar refractivity (Wildman–Crippen MR) is 77.9 cm³/mol. The number of primary sulfonamides is 1. The van der Waals surface area contributed by atoms with Crippen LogP contribution >= 0.6 is 0 Å². The summed E-state index contributed by atoms with van der Waals surface area (Å²) in [5.74, 6) is -0.562. The van der Waals surface area contributed by atoms with Gasteiger partial charge in [-0.1, -0.05) is 6.42 Å². The number of sulfonamides is 1. The fraction of sp³-hybridized carbons (Fsp3) is 0.417. The first-order chi connectivity index (χ1) is 9.70. The van der Waals surface area contributed by atoms with Crippen molar-refractivity contribution in [1.29, 1.82) is 0 Å². The lowest BCUT2D eigenvalue weighted by molar-refractivity contribution is -0.116. The average molecular weight is 332 g/mol. The molecule has 1 heterocycles. The second kappa shape index (κ2) is 5.74. The van der Waals surface area contributed by atoms with Crippen molar-refractivity contribution in [2.45, 2.75) is 29.4 Å². The van der Waals surface area contributed by atoms with E-state index < -0.39 is 31.0 Å². The first kappa shape index (κ1) is 15.9. The fourth-order valence-electron chi connectivity index (χ4n) is 2.20. The third-order valence-electron chi connectivity index (χ3n) is 3.32. The largest absolute Gasteiger partial charge is 0.325 e. The summed E-state index contributed by atoms with van der Waals surface area (Å²) in [4.78, 5) is 12.0. The van der Waals surface area contributed by atoms with Gasteiger partial charge in [0.2, 0.25) is 15.9 Å². The molecule has 1 aromatic rings. The molecule has 2 rings (SSSR count). The molecule has 1 amide bonds. The lowest BCUT2D eigenvalue weighted by atomic mass is 10.2. The van der Waals surface area contributed by atoms with E-state index in [-0.39, 0.29) is 10.6 Å². The number of nitrogens with two attached hydrogens (primary N) is 1. The van der Waals surface area contributed by atoms with Crippen LogP contribution in [0.3, 0.4) is 0 Å². The van der Waals surface area contributed by atoms with Gasteiger partial charge in [-0.05, 0) is 37.1 Å². The average Bonchev–Trinajstić information content (AvgIpc) is 2.37. The molecule has 3 N–H and O–H groups in total. The lowest BCUT2D eigenvalue weighted by Gasteiger charge is -2.21. The molecule has 7 nitrogen and oxygen atoms in total. The van der Waals surface area contributed by atoms with Crippen molar-refractivity contribution >= 4 is 31.5 Å². The Balaban J connectivity index is 2.13. The van der Waals surface area contributed by atoms with E-state index in [2.05, 4.69) is 5.32 Å². The minimum atomic E-state index is -3.80. The van der Waals surface area contributed by atoms with E-state index in [9.17, 15) is 21.6 Å². The lowest BCUT2D eigenvalue weighted by Crippen LogP contribution is -2.39. The van der Waals surface area contributed by atoms with Gasteiger partial charge in [0.05, 0.1) is 10.6 Å². The fourth-order valence-corrected chi connectivity index (χ4v) is 4.52. The molecule has 9 heteroatoms. The van der Waals surface area contributed by atoms with Gasteiger partial charge in [0.25, 0.3) is 0 Å². The molecular weight excluding hydrogens is 316 g/mol. The van der Waals surface area contributed by atoms with E-state index in [0.717, 1.165) is 0 Å². The number of amides is 1. The monoisotopic (exact) mass is 332 g/mol. The van der Waals surface area contributed by atoms with Crippen LogP contribution in [-0.4, -0.2) is 33.7 Å². The molecule has 1 aliphatic heterocycles. The third kappa shape index (κ3) is 3.80. The van der Waals surface area contributed by atoms with Gasteiger partial charge >= 0.3 is 0 Å². The molecule has 1 unspecified atom stereocenters. The Morgan fingerprint density at radius 2 is 1.81 bits per heavy atom. The predicted octanol–water partition coefficient (Wildman–Crippen LogP) is 0.240. The molecule has 0 spiro atoms. The number of hydrogen-bond donors (Lipinski definition) is 2. The first-order valence-corrected chi connectivity index (χ1v) is 9.62. The Hall–Kier alpha value is -1.45. The highest BCUT2D eigenvalue weighted by Crippen LogP contribution is 2.21. The summed E-state index contributed by atoms with van der Waals surface area (Å²) in [6.45, 7) is 0. The number of anilines is 1. The molecule has 0 bridgehead atoms. The summed E-state index contributed by atoms with van der Waals surface area (Å²) in [6, 6.07) is 5.24. The highest BCUT2D eigenvalue weighted by atomic mass is 32.2. The molecule has 1 atom stereocenters. The van der Waals surface area contributed by atoms with Crippen LogP contribution in [0.15, 0.2) is 29.2 Å². The zero-order chi connectivity index (χ0) is 15.7. The van der Waals surface area contributed by atoms with E-state index in [4.69, 9.17) is 5.14 Å². The number of carbonyl (C=O) groups excluding carboxylic acids is 1. The highest BCUT2D eigenvalue weighted by Gasteiger charge is 2.34. The molecule has 0 aromatic heterocycles. The minimum absolute atomic E-state index is 0.0233. The number of rotatable bonds is 3. The summed E-state index contributed by atoms with van der Waals surface area (Å²) < 4.78 is 45.9. The number of benzene rings is 1. The number of carbonyl (C=O) groups is 1. The van der Waals surface area contributed by atoms with E-state index in [1.165, 1.54) is 24.3 Å². The van der Waals surface area contributed by atoms with Crippen molar-refractivity contribution in [3.8, 4) is 0 Å². The van der Waals surface area contributed by atoms with Crippen LogP contribution < -0.4 is 10.5 Å². The zero-order valence-electron chi connectivity index (χ0n) is 11.2. The number of nitrogens with one attached hydrogen (secondary N) is 1. The summed E-state index contributed by atoms with van der Waals surface area (Å²) in [7, 11) is -7.20. The van der Waals surface area contributed by atoms with Crippen LogP contribution in [0.4, 0.5) is 5.69 Å². The molecule has 1 aliphatic rings. The number of sulfone groups is 1. The molecular formula is C12H16N2O5S2. The van der Waals surface area contributed by atoms with Crippen molar-refractivity contribution in [2.75, 3.05) is 11.1 Å². The third-order valence-corrected chi connectivity index (χ3v) is 6.43. The van der Waals surface area contributed by atoms with Gasteiger partial charge in [-0.3, -0.25) is 4.79 Å². The van der Waals surface area contributed by atoms with Crippen LogP contribution in [0.2, 0.25) is 0 Å². The standard InChI is InChI=1S/C12H16N2O5S2/c13-21(18,19)10-6-4-9(5-7-10)14-12(15)11-3-1-2-8-20(11,16)17/h4-7,11H,1-3,8H2,(H,14,15)(H2,13,18,19). The van der Waals surface area contributed by atoms with E-state index >= 15 is 0 Å². The second-order valence-electron chi connectivity index (χ2n) is 4.91. The Morgan fingerprint density at radius 1 is 1.19 bits per heavy atom. The molecule has 1 aromatic carbocycles. The maximum Gasteiger partial charge on any atom is 0.242 e. The smallest absolute Gasteiger partial charge is 0.242 e. The van der Waals surface area contributed by atoms with Gasteiger partial charge in [-0.15, -0.1) is 0 Å². The Bertz CT molecular complexity index is 738. The summed E-state index contributed by atoms with van der Waals surface area (Å²) in [5.41, 5.74) is 0.327. The summed E-state index contributed by atoms with van der Waals surface area (Å²) >= 11 is 0. The van der Waals surface area contributed by atoms with E-state index in [0.29, 0.717) is 24.9 Å². The molecule has 1 saturated heterocycles. The number of hydrogen-bond acceptors (Lipinski definition) is 5. The maximum absolute atomic E-state index is 12.0. The van der Waals surface area contributed by atoms with Crippen LogP contribution in [0.5, 0.6) is 0 Å². The Kier molecular flexibility index (Phi) is 4.35. The summed E-state index contributed by atoms with van der Waals surface area (Å²) in [5, 5.41) is 6.42. The molecule has 1 fully saturated rings. The van der Waals surface area contributed by atoms with E-state index in [1.807, 2.05) is 0 Å². The quantitative estimate of drug-likeness (QED) is 0.820. The Labute approximate surface area is 123 Å². The van der Waals surface area contributed by atoms with Gasteiger partial charge in [-0.2, -0.15) is 0 Å². The molecule has 21 heavy (non-hydrogen) atoms. The van der Waals surface area contributed by atoms with E-state index in [1.54, 1.807) is 0 Å². The topological polar surface area (TPSA) is 123 Å². The molecule has 116 valence electrons. The van der Waals surface area contributed by atoms with Crippen molar-refractivity contribution in [2.24, 2.45) is 5.14 Å². The van der Waals surface area contributed by atoms with Crippen molar-refractivity contribution in [1.82, 2.24) is 0 Å². The van der Waals surface area contributed by atoms with Gasteiger partial charge < -0.3 is 5.32 Å². The van der Waals surface area contributed by atoms with Crippen LogP contribution in [0.25, 0.3) is 0 Å². The van der Waals surface area contributed by atoms with Crippen LogP contribution in [-0.2, 0) is 24.7 Å². The van der Waals surface area contributed by atoms with Crippen molar-refractivity contribution in [3.05, 3.63) is 24.3 Å². The van der Waals surface area contributed by atoms with Crippen molar-refractivity contribution < 1.29 is 21.6 Å². The highest BCUT2D eigenvalue weighted by molar-refractivity contribution is 7.92. The molecule has 0 radical (unpaired) electrons. The van der Waals surface area contributed by atoms with Gasteiger partial charge in [-0.25, -0.2) is 22.0 Å². The summed E-state index contributed by atoms with van der Waals surface area (Å²) in [6.07, 6.45) is 1.58. The van der Waals surface area contributed by atoms with Gasteiger partial charge in [0, 0.05) is 5.69 Å². The SMILES string of the molecule is NS(=O)(=O)c1ccc(NC(=O)C2CCCCS2(=O)=O)cc1. The maximum atomic E-state index is 12.0. The van der Waals surface area contributed by atoms with Crippen molar-refractivity contribution in [3.63, 3.8) is 0 Å². The van der Waals surface area contributed by atoms with Gasteiger partial charge in [0.1, 0.15) is 5.25 Å². The Morgan fingerprint density at radius 3 is 2.33 bits per heavy atom. The molecule has 0 aliphatic carbocycles. The molecule has 0 saturated carbocycles. The normalized spacial score (nSPS) is 21.7.